The molecule has 6 nitrogen and oxygen atoms in total. The first-order valence-corrected chi connectivity index (χ1v) is 6.24. The van der Waals surface area contributed by atoms with Crippen LogP contribution >= 0.6 is 0 Å². The molecule has 0 saturated heterocycles. The van der Waals surface area contributed by atoms with Gasteiger partial charge in [-0.25, -0.2) is 4.79 Å². The van der Waals surface area contributed by atoms with Crippen LogP contribution in [0, 0.1) is 5.92 Å². The fourth-order valence-electron chi connectivity index (χ4n) is 1.85. The number of carbonyl (C=O) groups excluding carboxylic acids is 1. The molecule has 6 heteroatoms. The Labute approximate surface area is 110 Å². The van der Waals surface area contributed by atoms with E-state index in [4.69, 9.17) is 10.2 Å². The molecule has 1 amide bonds. The SMILES string of the molecule is CC(CCCN)C(=O)Nc1ccc2oc(=O)[nH]c2c1. The summed E-state index contributed by atoms with van der Waals surface area (Å²) in [6.07, 6.45) is 1.58. The van der Waals surface area contributed by atoms with Crippen LogP contribution < -0.4 is 16.8 Å². The van der Waals surface area contributed by atoms with Crippen LogP contribution in [0.1, 0.15) is 19.8 Å². The number of hydrogen-bond acceptors (Lipinski definition) is 4. The number of hydrogen-bond donors (Lipinski definition) is 3. The third kappa shape index (κ3) is 3.23. The number of aromatic nitrogens is 1. The minimum Gasteiger partial charge on any atom is -0.408 e. The molecule has 1 unspecified atom stereocenters. The van der Waals surface area contributed by atoms with E-state index in [0.717, 1.165) is 12.8 Å². The van der Waals surface area contributed by atoms with E-state index >= 15 is 0 Å². The summed E-state index contributed by atoms with van der Waals surface area (Å²) in [4.78, 5) is 25.5. The van der Waals surface area contributed by atoms with Gasteiger partial charge in [0.05, 0.1) is 5.52 Å². The zero-order valence-electron chi connectivity index (χ0n) is 10.7. The van der Waals surface area contributed by atoms with Crippen molar-refractivity contribution in [3.8, 4) is 0 Å². The number of benzene rings is 1. The number of fused-ring (bicyclic) bond motifs is 1. The Morgan fingerprint density at radius 1 is 1.53 bits per heavy atom. The third-order valence-electron chi connectivity index (χ3n) is 2.98. The largest absolute Gasteiger partial charge is 0.417 e. The second-order valence-electron chi connectivity index (χ2n) is 4.55. The first kappa shape index (κ1) is 13.4. The van der Waals surface area contributed by atoms with Crippen molar-refractivity contribution in [2.45, 2.75) is 19.8 Å². The number of carbonyl (C=O) groups is 1. The quantitative estimate of drug-likeness (QED) is 0.759. The highest BCUT2D eigenvalue weighted by Crippen LogP contribution is 2.17. The summed E-state index contributed by atoms with van der Waals surface area (Å²) < 4.78 is 4.89. The van der Waals surface area contributed by atoms with E-state index in [1.165, 1.54) is 0 Å². The predicted octanol–water partition coefficient (Wildman–Crippen LogP) is 1.43. The van der Waals surface area contributed by atoms with Gasteiger partial charge in [-0.2, -0.15) is 0 Å². The molecule has 0 aliphatic carbocycles. The normalized spacial score (nSPS) is 12.5. The van der Waals surface area contributed by atoms with E-state index in [1.54, 1.807) is 18.2 Å². The van der Waals surface area contributed by atoms with E-state index in [2.05, 4.69) is 10.3 Å². The lowest BCUT2D eigenvalue weighted by atomic mass is 10.0. The number of H-pyrrole nitrogens is 1. The topological polar surface area (TPSA) is 101 Å². The summed E-state index contributed by atoms with van der Waals surface area (Å²) in [5.41, 5.74) is 7.09. The third-order valence-corrected chi connectivity index (χ3v) is 2.98. The van der Waals surface area contributed by atoms with Gasteiger partial charge in [0.15, 0.2) is 5.58 Å². The van der Waals surface area contributed by atoms with Gasteiger partial charge in [0, 0.05) is 11.6 Å². The Kier molecular flexibility index (Phi) is 4.01. The molecule has 0 spiro atoms. The molecule has 0 bridgehead atoms. The first-order valence-electron chi connectivity index (χ1n) is 6.24. The lowest BCUT2D eigenvalue weighted by Crippen LogP contribution is -2.21. The van der Waals surface area contributed by atoms with Crippen molar-refractivity contribution in [2.75, 3.05) is 11.9 Å². The van der Waals surface area contributed by atoms with Gasteiger partial charge in [0.25, 0.3) is 0 Å². The van der Waals surface area contributed by atoms with Crippen LogP contribution in [0.2, 0.25) is 0 Å². The van der Waals surface area contributed by atoms with Gasteiger partial charge in [0.2, 0.25) is 5.91 Å². The molecular weight excluding hydrogens is 246 g/mol. The summed E-state index contributed by atoms with van der Waals surface area (Å²) in [6.45, 7) is 2.45. The van der Waals surface area contributed by atoms with Crippen molar-refractivity contribution in [1.82, 2.24) is 4.98 Å². The van der Waals surface area contributed by atoms with Crippen molar-refractivity contribution in [3.05, 3.63) is 28.7 Å². The number of amides is 1. The van der Waals surface area contributed by atoms with Crippen LogP contribution in [0.25, 0.3) is 11.1 Å². The molecule has 2 rings (SSSR count). The lowest BCUT2D eigenvalue weighted by Gasteiger charge is -2.11. The number of rotatable bonds is 5. The molecule has 0 aliphatic heterocycles. The molecule has 0 saturated carbocycles. The van der Waals surface area contributed by atoms with Crippen molar-refractivity contribution >= 4 is 22.7 Å². The van der Waals surface area contributed by atoms with Crippen LogP contribution in [0.15, 0.2) is 27.4 Å². The summed E-state index contributed by atoms with van der Waals surface area (Å²) >= 11 is 0. The van der Waals surface area contributed by atoms with Gasteiger partial charge in [-0.05, 0) is 37.6 Å². The van der Waals surface area contributed by atoms with Crippen molar-refractivity contribution < 1.29 is 9.21 Å². The Hall–Kier alpha value is -2.08. The Balaban J connectivity index is 2.08. The smallest absolute Gasteiger partial charge is 0.408 e. The minimum absolute atomic E-state index is 0.0568. The molecule has 1 aromatic heterocycles. The van der Waals surface area contributed by atoms with Gasteiger partial charge < -0.3 is 15.5 Å². The van der Waals surface area contributed by atoms with E-state index in [9.17, 15) is 9.59 Å². The van der Waals surface area contributed by atoms with Crippen LogP contribution in [-0.2, 0) is 4.79 Å². The number of anilines is 1. The molecule has 19 heavy (non-hydrogen) atoms. The first-order chi connectivity index (χ1) is 9.10. The molecule has 0 radical (unpaired) electrons. The highest BCUT2D eigenvalue weighted by atomic mass is 16.4. The van der Waals surface area contributed by atoms with E-state index < -0.39 is 5.76 Å². The monoisotopic (exact) mass is 263 g/mol. The maximum absolute atomic E-state index is 11.9. The van der Waals surface area contributed by atoms with Crippen LogP contribution in [0.5, 0.6) is 0 Å². The second-order valence-corrected chi connectivity index (χ2v) is 4.55. The van der Waals surface area contributed by atoms with Crippen LogP contribution in [-0.4, -0.2) is 17.4 Å². The summed E-state index contributed by atoms with van der Waals surface area (Å²) in [6, 6.07) is 5.02. The summed E-state index contributed by atoms with van der Waals surface area (Å²) in [5, 5.41) is 2.81. The molecule has 1 atom stereocenters. The maximum atomic E-state index is 11.9. The zero-order valence-corrected chi connectivity index (χ0v) is 10.7. The number of aromatic amines is 1. The Morgan fingerprint density at radius 2 is 2.32 bits per heavy atom. The molecule has 0 fully saturated rings. The van der Waals surface area contributed by atoms with E-state index in [1.807, 2.05) is 6.92 Å². The standard InChI is InChI=1S/C13H17N3O3/c1-8(3-2-6-14)12(17)15-9-4-5-11-10(7-9)16-13(18)19-11/h4-5,7-8H,2-3,6,14H2,1H3,(H,15,17)(H,16,18). The Bertz CT molecular complexity index is 629. The van der Waals surface area contributed by atoms with Crippen LogP contribution in [0.3, 0.4) is 0 Å². The van der Waals surface area contributed by atoms with Crippen molar-refractivity contribution in [2.24, 2.45) is 11.7 Å². The van der Waals surface area contributed by atoms with Crippen molar-refractivity contribution in [1.29, 1.82) is 0 Å². The van der Waals surface area contributed by atoms with Crippen LogP contribution in [0.4, 0.5) is 5.69 Å². The molecule has 2 aromatic rings. The molecule has 1 heterocycles. The number of nitrogens with two attached hydrogens (primary N) is 1. The molecule has 1 aromatic carbocycles. The van der Waals surface area contributed by atoms with E-state index in [0.29, 0.717) is 23.3 Å². The highest BCUT2D eigenvalue weighted by Gasteiger charge is 2.13. The number of oxazole rings is 1. The maximum Gasteiger partial charge on any atom is 0.417 e. The van der Waals surface area contributed by atoms with Gasteiger partial charge in [-0.15, -0.1) is 0 Å². The van der Waals surface area contributed by atoms with Gasteiger partial charge in [0.1, 0.15) is 0 Å². The number of nitrogens with one attached hydrogen (secondary N) is 2. The average Bonchev–Trinajstić information content (AvgIpc) is 2.75. The summed E-state index contributed by atoms with van der Waals surface area (Å²) in [5.74, 6) is -0.656. The zero-order chi connectivity index (χ0) is 13.8. The predicted molar refractivity (Wildman–Crippen MR) is 72.9 cm³/mol. The average molecular weight is 263 g/mol. The fourth-order valence-corrected chi connectivity index (χ4v) is 1.85. The fraction of sp³-hybridized carbons (Fsp3) is 0.385. The lowest BCUT2D eigenvalue weighted by molar-refractivity contribution is -0.119. The Morgan fingerprint density at radius 3 is 3.05 bits per heavy atom. The van der Waals surface area contributed by atoms with Gasteiger partial charge >= 0.3 is 5.76 Å². The second kappa shape index (κ2) is 5.71. The molecular formula is C13H17N3O3. The van der Waals surface area contributed by atoms with Gasteiger partial charge in [-0.3, -0.25) is 9.78 Å². The molecule has 102 valence electrons. The minimum atomic E-state index is -0.505. The molecule has 0 aliphatic rings. The highest BCUT2D eigenvalue weighted by molar-refractivity contribution is 5.94. The van der Waals surface area contributed by atoms with Crippen molar-refractivity contribution in [3.63, 3.8) is 0 Å². The van der Waals surface area contributed by atoms with Gasteiger partial charge in [-0.1, -0.05) is 6.92 Å². The van der Waals surface area contributed by atoms with E-state index in [-0.39, 0.29) is 11.8 Å². The summed E-state index contributed by atoms with van der Waals surface area (Å²) in [7, 11) is 0. The molecule has 4 N–H and O–H groups in total.